The fraction of sp³-hybridized carbons (Fsp3) is 0.381. The lowest BCUT2D eigenvalue weighted by Crippen LogP contribution is -2.59. The van der Waals surface area contributed by atoms with Crippen molar-refractivity contribution < 1.29 is 0 Å². The number of benzene rings is 1. The first kappa shape index (κ1) is 15.0. The Morgan fingerprint density at radius 2 is 1.92 bits per heavy atom. The molecule has 2 N–H and O–H groups in total. The number of hydrogen-bond acceptors (Lipinski definition) is 3. The topological polar surface area (TPSA) is 44.0 Å². The molecule has 3 saturated heterocycles. The minimum atomic E-state index is 0.524. The molecule has 0 spiro atoms. The van der Waals surface area contributed by atoms with Gasteiger partial charge in [0.2, 0.25) is 0 Å². The maximum atomic E-state index is 4.70. The second-order valence-corrected chi connectivity index (χ2v) is 7.50. The molecule has 1 aromatic carbocycles. The molecule has 3 aliphatic heterocycles. The SMILES string of the molecule is CC1C(Nc2ccc(-c3ccc4cc[nH]c4c3)cn2)C2CCN1CC2. The molecule has 6 rings (SSSR count). The molecule has 0 amide bonds. The van der Waals surface area contributed by atoms with Gasteiger partial charge in [-0.1, -0.05) is 12.1 Å². The fourth-order valence-corrected chi connectivity index (χ4v) is 4.59. The van der Waals surface area contributed by atoms with Gasteiger partial charge in [-0.2, -0.15) is 0 Å². The van der Waals surface area contributed by atoms with Crippen LogP contribution in [0, 0.1) is 5.92 Å². The smallest absolute Gasteiger partial charge is 0.126 e. The molecular weight excluding hydrogens is 308 g/mol. The van der Waals surface area contributed by atoms with Gasteiger partial charge in [0.1, 0.15) is 5.82 Å². The van der Waals surface area contributed by atoms with Crippen LogP contribution < -0.4 is 5.32 Å². The van der Waals surface area contributed by atoms with Crippen molar-refractivity contribution in [3.63, 3.8) is 0 Å². The molecule has 3 aliphatic rings. The molecule has 2 bridgehead atoms. The van der Waals surface area contributed by atoms with Crippen LogP contribution in [0.15, 0.2) is 48.8 Å². The molecule has 2 atom stereocenters. The third-order valence-electron chi connectivity index (χ3n) is 6.14. The van der Waals surface area contributed by atoms with Crippen LogP contribution in [0.4, 0.5) is 5.82 Å². The number of H-pyrrole nitrogens is 1. The Balaban J connectivity index is 1.36. The number of piperidine rings is 3. The van der Waals surface area contributed by atoms with E-state index in [0.29, 0.717) is 12.1 Å². The second-order valence-electron chi connectivity index (χ2n) is 7.50. The third kappa shape index (κ3) is 2.61. The third-order valence-corrected chi connectivity index (χ3v) is 6.14. The lowest BCUT2D eigenvalue weighted by molar-refractivity contribution is 0.0457. The minimum Gasteiger partial charge on any atom is -0.365 e. The molecule has 3 fully saturated rings. The summed E-state index contributed by atoms with van der Waals surface area (Å²) in [6, 6.07) is 14.0. The highest BCUT2D eigenvalue weighted by atomic mass is 15.2. The van der Waals surface area contributed by atoms with E-state index >= 15 is 0 Å². The zero-order valence-electron chi connectivity index (χ0n) is 14.6. The summed E-state index contributed by atoms with van der Waals surface area (Å²) in [4.78, 5) is 10.6. The van der Waals surface area contributed by atoms with Crippen molar-refractivity contribution in [3.05, 3.63) is 48.8 Å². The van der Waals surface area contributed by atoms with E-state index in [2.05, 4.69) is 58.5 Å². The maximum Gasteiger partial charge on any atom is 0.126 e. The second kappa shape index (κ2) is 5.88. The molecule has 4 heteroatoms. The summed E-state index contributed by atoms with van der Waals surface area (Å²) in [5, 5.41) is 4.95. The summed E-state index contributed by atoms with van der Waals surface area (Å²) < 4.78 is 0. The number of anilines is 1. The van der Waals surface area contributed by atoms with Crippen LogP contribution in [0.1, 0.15) is 19.8 Å². The predicted molar refractivity (Wildman–Crippen MR) is 103 cm³/mol. The Morgan fingerprint density at radius 1 is 1.08 bits per heavy atom. The molecule has 25 heavy (non-hydrogen) atoms. The summed E-state index contributed by atoms with van der Waals surface area (Å²) >= 11 is 0. The molecular formula is C21H24N4. The van der Waals surface area contributed by atoms with Gasteiger partial charge in [0, 0.05) is 35.6 Å². The van der Waals surface area contributed by atoms with E-state index in [1.807, 2.05) is 12.4 Å². The highest BCUT2D eigenvalue weighted by Gasteiger charge is 2.39. The van der Waals surface area contributed by atoms with Crippen LogP contribution in [0.25, 0.3) is 22.0 Å². The summed E-state index contributed by atoms with van der Waals surface area (Å²) in [6.07, 6.45) is 6.60. The molecule has 3 aromatic rings. The van der Waals surface area contributed by atoms with E-state index in [9.17, 15) is 0 Å². The van der Waals surface area contributed by atoms with Gasteiger partial charge >= 0.3 is 0 Å². The van der Waals surface area contributed by atoms with Gasteiger partial charge in [0.15, 0.2) is 0 Å². The fourth-order valence-electron chi connectivity index (χ4n) is 4.59. The lowest BCUT2D eigenvalue weighted by Gasteiger charge is -2.50. The Kier molecular flexibility index (Phi) is 3.52. The van der Waals surface area contributed by atoms with Gasteiger partial charge in [0.05, 0.1) is 0 Å². The standard InChI is InChI=1S/C21H24N4/c1-14-21(16-7-10-25(14)11-8-16)24-20-5-4-18(13-23-20)17-3-2-15-6-9-22-19(15)12-17/h2-6,9,12-14,16,21-22H,7-8,10-11H2,1H3,(H,23,24). The summed E-state index contributed by atoms with van der Waals surface area (Å²) in [5.74, 6) is 1.78. The molecule has 2 aromatic heterocycles. The molecule has 4 nitrogen and oxygen atoms in total. The van der Waals surface area contributed by atoms with Crippen molar-refractivity contribution in [2.75, 3.05) is 18.4 Å². The predicted octanol–water partition coefficient (Wildman–Crippen LogP) is 4.12. The average Bonchev–Trinajstić information content (AvgIpc) is 3.13. The van der Waals surface area contributed by atoms with Crippen molar-refractivity contribution in [2.45, 2.75) is 31.8 Å². The van der Waals surface area contributed by atoms with Crippen LogP contribution in [-0.2, 0) is 0 Å². The number of rotatable bonds is 3. The number of hydrogen-bond donors (Lipinski definition) is 2. The molecule has 0 aliphatic carbocycles. The van der Waals surface area contributed by atoms with Crippen molar-refractivity contribution in [3.8, 4) is 11.1 Å². The van der Waals surface area contributed by atoms with E-state index in [1.54, 1.807) is 0 Å². The van der Waals surface area contributed by atoms with Gasteiger partial charge < -0.3 is 10.3 Å². The van der Waals surface area contributed by atoms with Crippen LogP contribution in [-0.4, -0.2) is 40.0 Å². The number of pyridine rings is 1. The highest BCUT2D eigenvalue weighted by molar-refractivity contribution is 5.84. The van der Waals surface area contributed by atoms with Crippen LogP contribution in [0.2, 0.25) is 0 Å². The molecule has 5 heterocycles. The van der Waals surface area contributed by atoms with Crippen LogP contribution in [0.3, 0.4) is 0 Å². The van der Waals surface area contributed by atoms with E-state index in [4.69, 9.17) is 4.98 Å². The monoisotopic (exact) mass is 332 g/mol. The average molecular weight is 332 g/mol. The van der Waals surface area contributed by atoms with Gasteiger partial charge in [0.25, 0.3) is 0 Å². The summed E-state index contributed by atoms with van der Waals surface area (Å²) in [7, 11) is 0. The normalized spacial score (nSPS) is 28.4. The first-order valence-corrected chi connectivity index (χ1v) is 9.32. The molecule has 0 radical (unpaired) electrons. The zero-order valence-corrected chi connectivity index (χ0v) is 14.6. The van der Waals surface area contributed by atoms with Crippen LogP contribution >= 0.6 is 0 Å². The Hall–Kier alpha value is -2.33. The summed E-state index contributed by atoms with van der Waals surface area (Å²) in [5.41, 5.74) is 3.52. The van der Waals surface area contributed by atoms with Gasteiger partial charge in [-0.25, -0.2) is 4.98 Å². The van der Waals surface area contributed by atoms with E-state index in [0.717, 1.165) is 17.3 Å². The molecule has 2 unspecified atom stereocenters. The minimum absolute atomic E-state index is 0.524. The lowest BCUT2D eigenvalue weighted by atomic mass is 9.79. The van der Waals surface area contributed by atoms with E-state index in [-0.39, 0.29) is 0 Å². The van der Waals surface area contributed by atoms with E-state index in [1.165, 1.54) is 42.4 Å². The molecule has 0 saturated carbocycles. The number of nitrogens with one attached hydrogen (secondary N) is 2. The van der Waals surface area contributed by atoms with Crippen molar-refractivity contribution in [1.29, 1.82) is 0 Å². The Morgan fingerprint density at radius 3 is 2.68 bits per heavy atom. The first-order chi connectivity index (χ1) is 12.3. The van der Waals surface area contributed by atoms with Crippen molar-refractivity contribution in [2.24, 2.45) is 5.92 Å². The van der Waals surface area contributed by atoms with Gasteiger partial charge in [-0.3, -0.25) is 4.90 Å². The van der Waals surface area contributed by atoms with E-state index < -0.39 is 0 Å². The number of fused-ring (bicyclic) bond motifs is 4. The quantitative estimate of drug-likeness (QED) is 0.758. The van der Waals surface area contributed by atoms with Gasteiger partial charge in [-0.15, -0.1) is 0 Å². The van der Waals surface area contributed by atoms with Crippen molar-refractivity contribution >= 4 is 16.7 Å². The van der Waals surface area contributed by atoms with Crippen LogP contribution in [0.5, 0.6) is 0 Å². The summed E-state index contributed by atoms with van der Waals surface area (Å²) in [6.45, 7) is 4.87. The largest absolute Gasteiger partial charge is 0.365 e. The highest BCUT2D eigenvalue weighted by Crippen LogP contribution is 2.34. The number of aromatic nitrogens is 2. The van der Waals surface area contributed by atoms with Gasteiger partial charge in [-0.05, 0) is 74.0 Å². The molecule has 128 valence electrons. The maximum absolute atomic E-state index is 4.70. The Labute approximate surface area is 148 Å². The first-order valence-electron chi connectivity index (χ1n) is 9.32. The van der Waals surface area contributed by atoms with Crippen molar-refractivity contribution in [1.82, 2.24) is 14.9 Å². The number of nitrogens with zero attached hydrogens (tertiary/aromatic N) is 2. The Bertz CT molecular complexity index is 872. The number of aromatic amines is 1. The zero-order chi connectivity index (χ0) is 16.8.